The lowest BCUT2D eigenvalue weighted by Gasteiger charge is -2.25. The molecule has 0 spiro atoms. The molecule has 2 rings (SSSR count). The van der Waals surface area contributed by atoms with Gasteiger partial charge in [-0.05, 0) is 17.7 Å². The van der Waals surface area contributed by atoms with Gasteiger partial charge in [0.1, 0.15) is 18.5 Å². The quantitative estimate of drug-likeness (QED) is 0.729. The van der Waals surface area contributed by atoms with E-state index < -0.39 is 0 Å². The number of hydrogen-bond donors (Lipinski definition) is 1. The summed E-state index contributed by atoms with van der Waals surface area (Å²) < 4.78 is 16.0. The summed E-state index contributed by atoms with van der Waals surface area (Å²) in [5.74, 6) is 0.852. The van der Waals surface area contributed by atoms with Crippen molar-refractivity contribution < 1.29 is 14.2 Å². The highest BCUT2D eigenvalue weighted by Gasteiger charge is 2.18. The van der Waals surface area contributed by atoms with Crippen LogP contribution in [0.1, 0.15) is 5.56 Å². The largest absolute Gasteiger partial charge is 0.491 e. The molecule has 0 saturated carbocycles. The molecule has 1 saturated heterocycles. The molecule has 0 radical (unpaired) electrons. The molecule has 1 heterocycles. The van der Waals surface area contributed by atoms with Crippen molar-refractivity contribution in [3.8, 4) is 5.75 Å². The van der Waals surface area contributed by atoms with Crippen LogP contribution >= 0.6 is 0 Å². The van der Waals surface area contributed by atoms with Crippen LogP contribution in [0.3, 0.4) is 0 Å². The van der Waals surface area contributed by atoms with Crippen molar-refractivity contribution in [1.29, 1.82) is 0 Å². The van der Waals surface area contributed by atoms with Gasteiger partial charge in [-0.1, -0.05) is 12.1 Å². The van der Waals surface area contributed by atoms with E-state index in [1.54, 1.807) is 0 Å². The molecule has 0 aromatic heterocycles. The van der Waals surface area contributed by atoms with Gasteiger partial charge in [0.2, 0.25) is 0 Å². The highest BCUT2D eigenvalue weighted by atomic mass is 16.6. The third-order valence-corrected chi connectivity index (χ3v) is 2.47. The molecule has 2 N–H and O–H groups in total. The van der Waals surface area contributed by atoms with Crippen LogP contribution in [0, 0.1) is 0 Å². The van der Waals surface area contributed by atoms with Crippen molar-refractivity contribution in [1.82, 2.24) is 0 Å². The van der Waals surface area contributed by atoms with E-state index in [0.717, 1.165) is 11.3 Å². The molecular weight excluding hydrogens is 206 g/mol. The third-order valence-electron chi connectivity index (χ3n) is 2.47. The van der Waals surface area contributed by atoms with Gasteiger partial charge in [0.05, 0.1) is 19.8 Å². The van der Waals surface area contributed by atoms with Gasteiger partial charge < -0.3 is 19.9 Å². The van der Waals surface area contributed by atoms with Crippen LogP contribution in [-0.2, 0) is 16.0 Å². The van der Waals surface area contributed by atoms with Crippen molar-refractivity contribution in [3.05, 3.63) is 29.8 Å². The minimum absolute atomic E-state index is 0.267. The molecule has 88 valence electrons. The molecule has 0 aliphatic carbocycles. The van der Waals surface area contributed by atoms with Crippen LogP contribution in [0.4, 0.5) is 0 Å². The Kier molecular flexibility index (Phi) is 4.16. The average Bonchev–Trinajstić information content (AvgIpc) is 2.27. The molecule has 1 fully saturated rings. The lowest BCUT2D eigenvalue weighted by atomic mass is 10.2. The smallest absolute Gasteiger partial charge is 0.119 e. The number of rotatable bonds is 6. The van der Waals surface area contributed by atoms with Crippen LogP contribution in [0.2, 0.25) is 0 Å². The number of benzene rings is 1. The molecule has 0 atom stereocenters. The van der Waals surface area contributed by atoms with Gasteiger partial charge >= 0.3 is 0 Å². The van der Waals surface area contributed by atoms with E-state index in [2.05, 4.69) is 0 Å². The van der Waals surface area contributed by atoms with Crippen LogP contribution in [0.25, 0.3) is 0 Å². The van der Waals surface area contributed by atoms with E-state index >= 15 is 0 Å². The zero-order valence-corrected chi connectivity index (χ0v) is 9.22. The fourth-order valence-corrected chi connectivity index (χ4v) is 1.41. The molecule has 1 aromatic rings. The first-order valence-electron chi connectivity index (χ1n) is 5.49. The zero-order valence-electron chi connectivity index (χ0n) is 9.22. The van der Waals surface area contributed by atoms with Gasteiger partial charge in [-0.2, -0.15) is 0 Å². The van der Waals surface area contributed by atoms with E-state index in [1.807, 2.05) is 24.3 Å². The first-order chi connectivity index (χ1) is 7.88. The van der Waals surface area contributed by atoms with E-state index in [1.165, 1.54) is 0 Å². The number of hydrogen-bond acceptors (Lipinski definition) is 4. The minimum Gasteiger partial charge on any atom is -0.491 e. The van der Waals surface area contributed by atoms with Crippen molar-refractivity contribution in [2.45, 2.75) is 12.6 Å². The summed E-state index contributed by atoms with van der Waals surface area (Å²) in [4.78, 5) is 0. The maximum atomic E-state index is 5.52. The van der Waals surface area contributed by atoms with E-state index in [4.69, 9.17) is 19.9 Å². The Morgan fingerprint density at radius 2 is 1.94 bits per heavy atom. The van der Waals surface area contributed by atoms with Crippen molar-refractivity contribution in [3.63, 3.8) is 0 Å². The summed E-state index contributed by atoms with van der Waals surface area (Å²) in [6, 6.07) is 7.79. The fraction of sp³-hybridized carbons (Fsp3) is 0.500. The molecule has 1 aromatic carbocycles. The van der Waals surface area contributed by atoms with Crippen molar-refractivity contribution in [2.24, 2.45) is 5.73 Å². The normalized spacial score (nSPS) is 15.8. The second kappa shape index (κ2) is 5.84. The van der Waals surface area contributed by atoms with Crippen LogP contribution in [-0.4, -0.2) is 32.5 Å². The zero-order chi connectivity index (χ0) is 11.2. The van der Waals surface area contributed by atoms with E-state index in [-0.39, 0.29) is 6.10 Å². The average molecular weight is 223 g/mol. The summed E-state index contributed by atoms with van der Waals surface area (Å²) in [7, 11) is 0. The van der Waals surface area contributed by atoms with Crippen LogP contribution < -0.4 is 10.5 Å². The Morgan fingerprint density at radius 1 is 1.19 bits per heavy atom. The summed E-state index contributed by atoms with van der Waals surface area (Å²) in [6.07, 6.45) is 0.267. The summed E-state index contributed by atoms with van der Waals surface area (Å²) in [6.45, 7) is 3.16. The molecule has 4 nitrogen and oxygen atoms in total. The number of ether oxygens (including phenoxy) is 3. The lowest BCUT2D eigenvalue weighted by molar-refractivity contribution is -0.132. The van der Waals surface area contributed by atoms with Crippen molar-refractivity contribution >= 4 is 0 Å². The predicted octanol–water partition coefficient (Wildman–Crippen LogP) is 0.939. The van der Waals surface area contributed by atoms with Crippen LogP contribution in [0.5, 0.6) is 5.75 Å². The fourth-order valence-electron chi connectivity index (χ4n) is 1.41. The second-order valence-corrected chi connectivity index (χ2v) is 3.73. The van der Waals surface area contributed by atoms with Gasteiger partial charge in [-0.3, -0.25) is 0 Å². The molecule has 0 unspecified atom stereocenters. The van der Waals surface area contributed by atoms with Gasteiger partial charge in [-0.25, -0.2) is 0 Å². The first kappa shape index (κ1) is 11.4. The third kappa shape index (κ3) is 3.20. The van der Waals surface area contributed by atoms with Gasteiger partial charge in [0.15, 0.2) is 0 Å². The maximum Gasteiger partial charge on any atom is 0.119 e. The molecule has 1 aliphatic rings. The first-order valence-corrected chi connectivity index (χ1v) is 5.49. The predicted molar refractivity (Wildman–Crippen MR) is 60.4 cm³/mol. The second-order valence-electron chi connectivity index (χ2n) is 3.73. The highest BCUT2D eigenvalue weighted by molar-refractivity contribution is 5.26. The Balaban J connectivity index is 1.64. The molecule has 0 bridgehead atoms. The highest BCUT2D eigenvalue weighted by Crippen LogP contribution is 2.12. The molecule has 16 heavy (non-hydrogen) atoms. The Bertz CT molecular complexity index is 309. The molecule has 4 heteroatoms. The van der Waals surface area contributed by atoms with Gasteiger partial charge in [-0.15, -0.1) is 0 Å². The van der Waals surface area contributed by atoms with Crippen molar-refractivity contribution in [2.75, 3.05) is 26.4 Å². The molecule has 0 amide bonds. The van der Waals surface area contributed by atoms with Crippen LogP contribution in [0.15, 0.2) is 24.3 Å². The Labute approximate surface area is 95.3 Å². The SMILES string of the molecule is NCc1ccc(OCCOC2COC2)cc1. The summed E-state index contributed by atoms with van der Waals surface area (Å²) >= 11 is 0. The monoisotopic (exact) mass is 223 g/mol. The minimum atomic E-state index is 0.267. The van der Waals surface area contributed by atoms with Gasteiger partial charge in [0, 0.05) is 6.54 Å². The van der Waals surface area contributed by atoms with Gasteiger partial charge in [0.25, 0.3) is 0 Å². The summed E-state index contributed by atoms with van der Waals surface area (Å²) in [5.41, 5.74) is 6.61. The number of nitrogens with two attached hydrogens (primary N) is 1. The van der Waals surface area contributed by atoms with E-state index in [9.17, 15) is 0 Å². The molecular formula is C12H17NO3. The standard InChI is InChI=1S/C12H17NO3/c13-7-10-1-3-11(4-2-10)15-5-6-16-12-8-14-9-12/h1-4,12H,5-9,13H2. The van der Waals surface area contributed by atoms with E-state index in [0.29, 0.717) is 33.0 Å². The summed E-state index contributed by atoms with van der Waals surface area (Å²) in [5, 5.41) is 0. The lowest BCUT2D eigenvalue weighted by Crippen LogP contribution is -2.37. The Morgan fingerprint density at radius 3 is 2.50 bits per heavy atom. The maximum absolute atomic E-state index is 5.52. The molecule has 1 aliphatic heterocycles. The Hall–Kier alpha value is -1.10. The topological polar surface area (TPSA) is 53.7 Å².